The van der Waals surface area contributed by atoms with Crippen LogP contribution in [-0.2, 0) is 36.4 Å². The van der Waals surface area contributed by atoms with E-state index in [0.29, 0.717) is 17.2 Å². The molecule has 13 heteroatoms. The Morgan fingerprint density at radius 1 is 1.22 bits per heavy atom. The van der Waals surface area contributed by atoms with Crippen molar-refractivity contribution in [1.29, 1.82) is 0 Å². The van der Waals surface area contributed by atoms with Crippen molar-refractivity contribution in [2.75, 3.05) is 5.75 Å². The number of imidazole rings is 2. The van der Waals surface area contributed by atoms with Gasteiger partial charge < -0.3 is 12.4 Å². The zero-order valence-electron chi connectivity index (χ0n) is 15.1. The Kier molecular flexibility index (Phi) is 8.74. The molecule has 0 fully saturated rings. The number of hydrogen-bond donors (Lipinski definition) is 0. The number of nitrogens with zero attached hydrogens (tertiary/aromatic N) is 5. The summed E-state index contributed by atoms with van der Waals surface area (Å²) in [6, 6.07) is 1.02. The molecule has 0 radical (unpaired) electrons. The van der Waals surface area contributed by atoms with Crippen molar-refractivity contribution in [3.63, 3.8) is 0 Å². The van der Waals surface area contributed by atoms with Crippen LogP contribution in [0, 0.1) is 0 Å². The molecule has 3 heterocycles. The fraction of sp³-hybridized carbons (Fsp3) is 0.357. The maximum absolute atomic E-state index is 12.9. The topological polar surface area (TPSA) is 48.5 Å². The molecule has 0 aromatic carbocycles. The standard InChI is InChI=1S/C14H13F3N5S.2ClH.Li.Zn/c1-4-23-13-10(19-7-21(13)2)12-20-9-5-8(14(15,16)17)6-18-11(9)22(12)3;;;;/h5-6H,4H2,1-3H3;2*1H;;/q;;;2*+1/p-2. The molecule has 3 aromatic heterocycles. The number of fused-ring (bicyclic) bond motifs is 1. The fourth-order valence-electron chi connectivity index (χ4n) is 2.54. The van der Waals surface area contributed by atoms with E-state index in [1.807, 2.05) is 18.5 Å². The van der Waals surface area contributed by atoms with Crippen molar-refractivity contribution in [2.45, 2.75) is 18.1 Å². The van der Waals surface area contributed by atoms with Crippen molar-refractivity contribution in [3.05, 3.63) is 17.8 Å². The molecule has 27 heavy (non-hydrogen) atoms. The van der Waals surface area contributed by atoms with Crippen LogP contribution in [0.5, 0.6) is 0 Å². The largest absolute Gasteiger partial charge is 1.00 e. The van der Waals surface area contributed by atoms with Crippen molar-refractivity contribution < 1.29 is 60.6 Å². The van der Waals surface area contributed by atoms with Gasteiger partial charge in [-0.25, -0.2) is 0 Å². The van der Waals surface area contributed by atoms with Crippen LogP contribution in [0.15, 0.2) is 17.3 Å². The predicted molar refractivity (Wildman–Crippen MR) is 87.6 cm³/mol. The molecule has 0 atom stereocenters. The van der Waals surface area contributed by atoms with E-state index in [2.05, 4.69) is 15.0 Å². The quantitative estimate of drug-likeness (QED) is 0.301. The van der Waals surface area contributed by atoms with Gasteiger partial charge in [0.15, 0.2) is 0 Å². The van der Waals surface area contributed by atoms with Gasteiger partial charge in [0.05, 0.1) is 0 Å². The van der Waals surface area contributed by atoms with E-state index < -0.39 is 27.9 Å². The number of aromatic nitrogens is 5. The Labute approximate surface area is 188 Å². The zero-order chi connectivity index (χ0) is 18.4. The second-order valence-corrected chi connectivity index (χ2v) is 9.90. The van der Waals surface area contributed by atoms with E-state index in [4.69, 9.17) is 9.69 Å². The molecule has 0 saturated heterocycles. The van der Waals surface area contributed by atoms with Gasteiger partial charge in [-0.1, -0.05) is 0 Å². The number of alkyl halides is 3. The van der Waals surface area contributed by atoms with Crippen molar-refractivity contribution in [1.82, 2.24) is 24.1 Å². The molecule has 0 N–H and O–H groups in total. The Balaban J connectivity index is 0.00000182. The smallest absolute Gasteiger partial charge is 1.00 e. The molecule has 3 rings (SSSR count). The van der Waals surface area contributed by atoms with Gasteiger partial charge in [0.25, 0.3) is 0 Å². The molecule has 138 valence electrons. The summed E-state index contributed by atoms with van der Waals surface area (Å²) in [6.07, 6.45) is -3.63. The Morgan fingerprint density at radius 3 is 2.44 bits per heavy atom. The van der Waals surface area contributed by atoms with E-state index >= 15 is 0 Å². The fourth-order valence-corrected chi connectivity index (χ4v) is 6.03. The van der Waals surface area contributed by atoms with Crippen LogP contribution in [0.25, 0.3) is 22.7 Å². The first-order valence-electron chi connectivity index (χ1n) is 7.42. The van der Waals surface area contributed by atoms with Crippen molar-refractivity contribution in [2.24, 2.45) is 14.1 Å². The van der Waals surface area contributed by atoms with Gasteiger partial charge in [0, 0.05) is 0 Å². The summed E-state index contributed by atoms with van der Waals surface area (Å²) in [4.78, 5) is 12.9. The molecule has 0 aliphatic heterocycles. The van der Waals surface area contributed by atoms with Crippen molar-refractivity contribution in [3.8, 4) is 11.5 Å². The predicted octanol–water partition coefficient (Wildman–Crippen LogP) is -2.63. The molecule has 0 spiro atoms. The molecule has 0 amide bonds. The molecule has 5 nitrogen and oxygen atoms in total. The Morgan fingerprint density at radius 2 is 1.89 bits per heavy atom. The molecule has 3 aromatic rings. The van der Waals surface area contributed by atoms with Gasteiger partial charge >= 0.3 is 177 Å². The van der Waals surface area contributed by atoms with Crippen LogP contribution in [0.3, 0.4) is 0 Å². The third-order valence-electron chi connectivity index (χ3n) is 3.78. The van der Waals surface area contributed by atoms with E-state index in [9.17, 15) is 13.2 Å². The summed E-state index contributed by atoms with van der Waals surface area (Å²) in [7, 11) is 9.75. The second-order valence-electron chi connectivity index (χ2n) is 5.37. The summed E-state index contributed by atoms with van der Waals surface area (Å²) in [5.41, 5.74) is 0.407. The molecular weight excluding hydrogens is 470 g/mol. The number of thioether (sulfide) groups is 1. The van der Waals surface area contributed by atoms with E-state index in [1.54, 1.807) is 23.4 Å². The second kappa shape index (κ2) is 9.51. The molecule has 0 unspecified atom stereocenters. The average Bonchev–Trinajstić information content (AvgIpc) is 3.05. The van der Waals surface area contributed by atoms with Crippen molar-refractivity contribution >= 4 is 37.0 Å². The minimum atomic E-state index is -4.45. The number of halogens is 5. The van der Waals surface area contributed by atoms with Crippen LogP contribution < -0.4 is 35.7 Å². The third-order valence-corrected chi connectivity index (χ3v) is 7.88. The number of hydrogen-bond acceptors (Lipinski definition) is 4. The zero-order valence-corrected chi connectivity index (χ0v) is 20.4. The van der Waals surface area contributed by atoms with Gasteiger partial charge in [0.2, 0.25) is 0 Å². The van der Waals surface area contributed by atoms with Gasteiger partial charge in [-0.15, -0.1) is 0 Å². The molecule has 0 saturated carbocycles. The Hall–Kier alpha value is -0.229. The van der Waals surface area contributed by atoms with Crippen LogP contribution in [-0.4, -0.2) is 29.8 Å². The van der Waals surface area contributed by atoms with Crippen LogP contribution >= 0.6 is 21.5 Å². The van der Waals surface area contributed by atoms with E-state index in [-0.39, 0.29) is 36.8 Å². The summed E-state index contributed by atoms with van der Waals surface area (Å²) in [6.45, 7) is 2.02. The minimum absolute atomic E-state index is 0. The SMILES string of the molecule is CCSc1c(-c2nc3cc(C(F)(F)F)cnc3n2C)n[c]([Zn][Cl])n1C.[Cl-].[Li+]. The molecule has 0 aliphatic rings. The summed E-state index contributed by atoms with van der Waals surface area (Å²) < 4.78 is 43.2. The normalized spacial score (nSPS) is 11.1. The summed E-state index contributed by atoms with van der Waals surface area (Å²) in [5, 5.41) is 0.915. The molecule has 0 bridgehead atoms. The molecule has 0 aliphatic carbocycles. The van der Waals surface area contributed by atoms with Crippen LogP contribution in [0.4, 0.5) is 13.2 Å². The van der Waals surface area contributed by atoms with Gasteiger partial charge in [0.1, 0.15) is 0 Å². The first-order valence-corrected chi connectivity index (χ1v) is 13.8. The maximum atomic E-state index is 12.9. The first kappa shape index (κ1) is 24.8. The first-order chi connectivity index (χ1) is 11.8. The minimum Gasteiger partial charge on any atom is -1.00 e. The summed E-state index contributed by atoms with van der Waals surface area (Å²) >= 11 is 0.150. The van der Waals surface area contributed by atoms with E-state index in [0.717, 1.165) is 27.5 Å². The van der Waals surface area contributed by atoms with E-state index in [1.165, 1.54) is 0 Å². The number of rotatable bonds is 4. The van der Waals surface area contributed by atoms with Crippen LogP contribution in [0.1, 0.15) is 12.5 Å². The van der Waals surface area contributed by atoms with Gasteiger partial charge in [-0.2, -0.15) is 0 Å². The van der Waals surface area contributed by atoms with Gasteiger partial charge in [-0.3, -0.25) is 0 Å². The summed E-state index contributed by atoms with van der Waals surface area (Å²) in [5.74, 6) is 1.33. The van der Waals surface area contributed by atoms with Crippen LogP contribution in [0.2, 0.25) is 0 Å². The Bertz CT molecular complexity index is 947. The molecular formula is C14H13Cl2F3LiN5SZn. The monoisotopic (exact) mass is 481 g/mol. The third kappa shape index (κ3) is 4.68. The number of aryl methyl sites for hydroxylation is 1. The average molecular weight is 484 g/mol. The van der Waals surface area contributed by atoms with Gasteiger partial charge in [-0.05, 0) is 0 Å². The maximum Gasteiger partial charge on any atom is 1.00 e. The number of pyridine rings is 1.